The zero-order valence-electron chi connectivity index (χ0n) is 7.63. The van der Waals surface area contributed by atoms with Crippen molar-refractivity contribution in [2.24, 2.45) is 5.41 Å². The SMILES string of the molecule is CC1(C)CCC23OC2C=CC=C13. The van der Waals surface area contributed by atoms with Crippen LogP contribution in [0.3, 0.4) is 0 Å². The van der Waals surface area contributed by atoms with Crippen LogP contribution in [0.2, 0.25) is 0 Å². The Bertz CT molecular complexity index is 298. The van der Waals surface area contributed by atoms with Gasteiger partial charge >= 0.3 is 0 Å². The molecule has 1 aliphatic heterocycles. The van der Waals surface area contributed by atoms with Crippen molar-refractivity contribution in [3.05, 3.63) is 23.8 Å². The van der Waals surface area contributed by atoms with Crippen molar-refractivity contribution < 1.29 is 4.74 Å². The molecule has 0 aromatic rings. The van der Waals surface area contributed by atoms with Crippen LogP contribution in [0.1, 0.15) is 26.7 Å². The van der Waals surface area contributed by atoms with Gasteiger partial charge in [-0.1, -0.05) is 32.1 Å². The summed E-state index contributed by atoms with van der Waals surface area (Å²) < 4.78 is 5.77. The van der Waals surface area contributed by atoms with Gasteiger partial charge in [0, 0.05) is 0 Å². The molecule has 0 bridgehead atoms. The molecule has 2 fully saturated rings. The molecule has 3 rings (SSSR count). The molecule has 0 aromatic carbocycles. The van der Waals surface area contributed by atoms with Crippen molar-refractivity contribution in [1.29, 1.82) is 0 Å². The van der Waals surface area contributed by atoms with Crippen LogP contribution in [0.4, 0.5) is 0 Å². The summed E-state index contributed by atoms with van der Waals surface area (Å²) in [7, 11) is 0. The van der Waals surface area contributed by atoms with E-state index in [1.54, 1.807) is 0 Å². The molecule has 0 aromatic heterocycles. The van der Waals surface area contributed by atoms with Crippen LogP contribution in [0.5, 0.6) is 0 Å². The highest BCUT2D eigenvalue weighted by molar-refractivity contribution is 5.45. The van der Waals surface area contributed by atoms with E-state index in [4.69, 9.17) is 4.74 Å². The minimum atomic E-state index is 0.165. The Morgan fingerprint density at radius 3 is 3.00 bits per heavy atom. The van der Waals surface area contributed by atoms with Gasteiger partial charge in [0.2, 0.25) is 0 Å². The molecule has 1 saturated heterocycles. The van der Waals surface area contributed by atoms with Crippen molar-refractivity contribution in [2.45, 2.75) is 38.4 Å². The molecule has 1 spiro atoms. The molecule has 2 atom stereocenters. The van der Waals surface area contributed by atoms with Gasteiger partial charge in [0.25, 0.3) is 0 Å². The average Bonchev–Trinajstić information content (AvgIpc) is 2.69. The van der Waals surface area contributed by atoms with E-state index < -0.39 is 0 Å². The third kappa shape index (κ3) is 0.601. The summed E-state index contributed by atoms with van der Waals surface area (Å²) in [5.41, 5.74) is 2.07. The van der Waals surface area contributed by atoms with E-state index in [2.05, 4.69) is 32.1 Å². The Morgan fingerprint density at radius 2 is 2.25 bits per heavy atom. The summed E-state index contributed by atoms with van der Waals surface area (Å²) >= 11 is 0. The fourth-order valence-corrected chi connectivity index (χ4v) is 2.76. The minimum absolute atomic E-state index is 0.165. The van der Waals surface area contributed by atoms with Crippen molar-refractivity contribution in [3.63, 3.8) is 0 Å². The summed E-state index contributed by atoms with van der Waals surface area (Å²) in [5, 5.41) is 0. The third-order valence-electron chi connectivity index (χ3n) is 3.59. The molecule has 1 heteroatoms. The number of hydrogen-bond acceptors (Lipinski definition) is 1. The molecule has 12 heavy (non-hydrogen) atoms. The van der Waals surface area contributed by atoms with Gasteiger partial charge in [-0.05, 0) is 23.8 Å². The second-order valence-electron chi connectivity index (χ2n) is 4.78. The van der Waals surface area contributed by atoms with E-state index in [1.807, 2.05) is 0 Å². The van der Waals surface area contributed by atoms with Crippen molar-refractivity contribution in [2.75, 3.05) is 0 Å². The summed E-state index contributed by atoms with van der Waals surface area (Å²) in [6, 6.07) is 0. The van der Waals surface area contributed by atoms with E-state index in [0.29, 0.717) is 11.5 Å². The van der Waals surface area contributed by atoms with E-state index in [-0.39, 0.29) is 5.60 Å². The van der Waals surface area contributed by atoms with Gasteiger partial charge in [-0.25, -0.2) is 0 Å². The quantitative estimate of drug-likeness (QED) is 0.498. The normalized spacial score (nSPS) is 46.5. The number of rotatable bonds is 0. The second-order valence-corrected chi connectivity index (χ2v) is 4.78. The Balaban J connectivity index is 2.12. The van der Waals surface area contributed by atoms with Crippen LogP contribution in [0.15, 0.2) is 23.8 Å². The molecule has 2 aliphatic carbocycles. The molecular formula is C11H14O. The molecule has 3 aliphatic rings. The maximum Gasteiger partial charge on any atom is 0.121 e. The number of hydrogen-bond donors (Lipinski definition) is 0. The van der Waals surface area contributed by atoms with Crippen LogP contribution in [0, 0.1) is 5.41 Å². The lowest BCUT2D eigenvalue weighted by Crippen LogP contribution is -2.19. The molecule has 1 heterocycles. The van der Waals surface area contributed by atoms with Gasteiger partial charge < -0.3 is 4.74 Å². The highest BCUT2D eigenvalue weighted by atomic mass is 16.6. The molecule has 1 nitrogen and oxygen atoms in total. The zero-order valence-corrected chi connectivity index (χ0v) is 7.63. The van der Waals surface area contributed by atoms with Crippen molar-refractivity contribution in [1.82, 2.24) is 0 Å². The van der Waals surface area contributed by atoms with E-state index in [1.165, 1.54) is 18.4 Å². The van der Waals surface area contributed by atoms with Gasteiger partial charge in [-0.3, -0.25) is 0 Å². The van der Waals surface area contributed by atoms with Gasteiger partial charge in [0.05, 0.1) is 0 Å². The highest BCUT2D eigenvalue weighted by Crippen LogP contribution is 2.61. The molecular weight excluding hydrogens is 148 g/mol. The lowest BCUT2D eigenvalue weighted by Gasteiger charge is -2.21. The summed E-state index contributed by atoms with van der Waals surface area (Å²) in [5.74, 6) is 0. The summed E-state index contributed by atoms with van der Waals surface area (Å²) in [6.45, 7) is 4.65. The highest BCUT2D eigenvalue weighted by Gasteiger charge is 2.64. The average molecular weight is 162 g/mol. The van der Waals surface area contributed by atoms with Gasteiger partial charge in [0.15, 0.2) is 0 Å². The molecule has 0 N–H and O–H groups in total. The van der Waals surface area contributed by atoms with Crippen LogP contribution in [0.25, 0.3) is 0 Å². The predicted octanol–water partition coefficient (Wildman–Crippen LogP) is 2.44. The van der Waals surface area contributed by atoms with Crippen molar-refractivity contribution >= 4 is 0 Å². The first-order valence-corrected chi connectivity index (χ1v) is 4.72. The Kier molecular flexibility index (Phi) is 0.974. The lowest BCUT2D eigenvalue weighted by molar-refractivity contribution is 0.332. The predicted molar refractivity (Wildman–Crippen MR) is 47.8 cm³/mol. The first-order valence-electron chi connectivity index (χ1n) is 4.72. The van der Waals surface area contributed by atoms with Crippen LogP contribution < -0.4 is 0 Å². The van der Waals surface area contributed by atoms with E-state index in [0.717, 1.165) is 0 Å². The van der Waals surface area contributed by atoms with E-state index >= 15 is 0 Å². The largest absolute Gasteiger partial charge is 0.357 e. The Hall–Kier alpha value is -0.560. The summed E-state index contributed by atoms with van der Waals surface area (Å²) in [4.78, 5) is 0. The van der Waals surface area contributed by atoms with Crippen LogP contribution in [-0.4, -0.2) is 11.7 Å². The molecule has 1 saturated carbocycles. The molecule has 64 valence electrons. The summed E-state index contributed by atoms with van der Waals surface area (Å²) in [6.07, 6.45) is 9.51. The van der Waals surface area contributed by atoms with Gasteiger partial charge in [-0.2, -0.15) is 0 Å². The second kappa shape index (κ2) is 1.69. The monoisotopic (exact) mass is 162 g/mol. The zero-order chi connectivity index (χ0) is 8.40. The van der Waals surface area contributed by atoms with Crippen LogP contribution in [-0.2, 0) is 4.74 Å². The third-order valence-corrected chi connectivity index (χ3v) is 3.59. The molecule has 0 radical (unpaired) electrons. The van der Waals surface area contributed by atoms with Gasteiger partial charge in [-0.15, -0.1) is 0 Å². The van der Waals surface area contributed by atoms with Gasteiger partial charge in [0.1, 0.15) is 11.7 Å². The van der Waals surface area contributed by atoms with Crippen LogP contribution >= 0.6 is 0 Å². The fraction of sp³-hybridized carbons (Fsp3) is 0.636. The molecule has 2 unspecified atom stereocenters. The number of allylic oxidation sites excluding steroid dienone is 2. The fourth-order valence-electron chi connectivity index (χ4n) is 2.76. The standard InChI is InChI=1S/C11H14O/c1-10(2)6-7-11-8(10)4-3-5-9(11)12-11/h3-5,9H,6-7H2,1-2H3. The minimum Gasteiger partial charge on any atom is -0.357 e. The molecule has 0 amide bonds. The Morgan fingerprint density at radius 1 is 1.42 bits per heavy atom. The first kappa shape index (κ1) is 6.90. The maximum atomic E-state index is 5.77. The lowest BCUT2D eigenvalue weighted by atomic mass is 9.81. The van der Waals surface area contributed by atoms with E-state index in [9.17, 15) is 0 Å². The maximum absolute atomic E-state index is 5.77. The van der Waals surface area contributed by atoms with Crippen molar-refractivity contribution in [3.8, 4) is 0 Å². The number of ether oxygens (including phenoxy) is 1. The smallest absolute Gasteiger partial charge is 0.121 e. The number of epoxide rings is 1. The Labute approximate surface area is 73.1 Å². The topological polar surface area (TPSA) is 12.5 Å². The first-order chi connectivity index (χ1) is 5.65.